The molecule has 1 saturated heterocycles. The van der Waals surface area contributed by atoms with E-state index in [2.05, 4.69) is 0 Å². The standard InChI is InChI=1S/C7H5IO2.C5H11NO2/c8-6-4-2-1-3-5(6)7(9)10;1-6(7)2-4-8-5-3-6/h1-4H,(H,9,10);2-5H2,1H3. The molecule has 1 aliphatic heterocycles. The lowest BCUT2D eigenvalue weighted by molar-refractivity contribution is -0.869. The van der Waals surface area contributed by atoms with Gasteiger partial charge in [-0.3, -0.25) is 0 Å². The van der Waals surface area contributed by atoms with E-state index in [1.807, 2.05) is 28.7 Å². The number of hydroxylamine groups is 3. The molecule has 0 saturated carbocycles. The van der Waals surface area contributed by atoms with Gasteiger partial charge < -0.3 is 19.7 Å². The van der Waals surface area contributed by atoms with E-state index < -0.39 is 5.97 Å². The van der Waals surface area contributed by atoms with E-state index >= 15 is 0 Å². The summed E-state index contributed by atoms with van der Waals surface area (Å²) < 4.78 is 5.64. The molecular formula is C12H16INO4. The largest absolute Gasteiger partial charge is 0.633 e. The Morgan fingerprint density at radius 3 is 2.28 bits per heavy atom. The predicted molar refractivity (Wildman–Crippen MR) is 76.2 cm³/mol. The molecule has 18 heavy (non-hydrogen) atoms. The van der Waals surface area contributed by atoms with Crippen LogP contribution >= 0.6 is 22.6 Å². The quantitative estimate of drug-likeness (QED) is 0.469. The number of carboxylic acid groups (broad SMARTS) is 1. The number of hydrogen-bond donors (Lipinski definition) is 1. The second-order valence-electron chi connectivity index (χ2n) is 4.14. The topological polar surface area (TPSA) is 69.6 Å². The van der Waals surface area contributed by atoms with E-state index in [0.717, 1.165) is 3.57 Å². The minimum absolute atomic E-state index is 0.125. The predicted octanol–water partition coefficient (Wildman–Crippen LogP) is 1.95. The summed E-state index contributed by atoms with van der Waals surface area (Å²) in [5, 5.41) is 19.5. The Balaban J connectivity index is 0.000000184. The van der Waals surface area contributed by atoms with Gasteiger partial charge in [0.15, 0.2) is 0 Å². The van der Waals surface area contributed by atoms with Crippen molar-refractivity contribution in [3.63, 3.8) is 0 Å². The van der Waals surface area contributed by atoms with Crippen LogP contribution in [0.5, 0.6) is 0 Å². The molecule has 0 aromatic heterocycles. The van der Waals surface area contributed by atoms with E-state index in [0.29, 0.717) is 31.9 Å². The zero-order valence-corrected chi connectivity index (χ0v) is 12.3. The molecule has 1 aromatic carbocycles. The third-order valence-corrected chi connectivity index (χ3v) is 3.46. The molecule has 0 bridgehead atoms. The molecular weight excluding hydrogens is 349 g/mol. The number of rotatable bonds is 1. The summed E-state index contributed by atoms with van der Waals surface area (Å²) in [6.07, 6.45) is 0. The number of hydrogen-bond acceptors (Lipinski definition) is 3. The lowest BCUT2D eigenvalue weighted by Crippen LogP contribution is -2.46. The van der Waals surface area contributed by atoms with Gasteiger partial charge in [-0.1, -0.05) is 12.1 Å². The van der Waals surface area contributed by atoms with Crippen LogP contribution in [0.1, 0.15) is 10.4 Å². The van der Waals surface area contributed by atoms with E-state index in [1.165, 1.54) is 0 Å². The first-order chi connectivity index (χ1) is 8.42. The molecule has 2 rings (SSSR count). The molecule has 0 aliphatic carbocycles. The average molecular weight is 365 g/mol. The van der Waals surface area contributed by atoms with E-state index in [1.54, 1.807) is 25.2 Å². The number of quaternary nitrogens is 1. The number of aromatic carboxylic acids is 1. The highest BCUT2D eigenvalue weighted by molar-refractivity contribution is 14.1. The number of nitrogens with zero attached hydrogens (tertiary/aromatic N) is 1. The number of carboxylic acids is 1. The van der Waals surface area contributed by atoms with Crippen molar-refractivity contribution in [1.29, 1.82) is 0 Å². The average Bonchev–Trinajstić information content (AvgIpc) is 2.29. The van der Waals surface area contributed by atoms with Crippen LogP contribution in [-0.2, 0) is 4.74 Å². The first-order valence-corrected chi connectivity index (χ1v) is 6.61. The molecule has 0 amide bonds. The van der Waals surface area contributed by atoms with Crippen molar-refractivity contribution in [2.75, 3.05) is 33.4 Å². The van der Waals surface area contributed by atoms with Crippen LogP contribution in [0.3, 0.4) is 0 Å². The van der Waals surface area contributed by atoms with Crippen LogP contribution in [0.2, 0.25) is 0 Å². The molecule has 1 heterocycles. The summed E-state index contributed by atoms with van der Waals surface area (Å²) in [7, 11) is 1.68. The molecule has 6 heteroatoms. The van der Waals surface area contributed by atoms with Gasteiger partial charge in [0.05, 0.1) is 25.8 Å². The normalized spacial score (nSPS) is 17.5. The summed E-state index contributed by atoms with van der Waals surface area (Å²) in [6, 6.07) is 6.88. The molecule has 0 unspecified atom stereocenters. The number of benzene rings is 1. The molecule has 0 spiro atoms. The SMILES string of the molecule is C[N+]1([O-])CCOCC1.O=C(O)c1ccccc1I. The Bertz CT molecular complexity index is 401. The van der Waals surface area contributed by atoms with Gasteiger partial charge in [-0.2, -0.15) is 0 Å². The van der Waals surface area contributed by atoms with Gasteiger partial charge in [-0.25, -0.2) is 4.79 Å². The Hall–Kier alpha value is -0.700. The zero-order valence-electron chi connectivity index (χ0n) is 10.1. The van der Waals surface area contributed by atoms with Gasteiger partial charge in [0, 0.05) is 3.57 Å². The third-order valence-electron chi connectivity index (χ3n) is 2.52. The number of morpholine rings is 1. The van der Waals surface area contributed by atoms with Crippen molar-refractivity contribution in [3.05, 3.63) is 38.6 Å². The minimum atomic E-state index is -0.870. The highest BCUT2D eigenvalue weighted by Gasteiger charge is 2.13. The molecule has 0 atom stereocenters. The lowest BCUT2D eigenvalue weighted by atomic mass is 10.2. The van der Waals surface area contributed by atoms with E-state index in [9.17, 15) is 10.0 Å². The summed E-state index contributed by atoms with van der Waals surface area (Å²) in [5.41, 5.74) is 0.364. The summed E-state index contributed by atoms with van der Waals surface area (Å²) in [5.74, 6) is -0.870. The van der Waals surface area contributed by atoms with Gasteiger partial charge >= 0.3 is 5.97 Å². The highest BCUT2D eigenvalue weighted by atomic mass is 127. The summed E-state index contributed by atoms with van der Waals surface area (Å²) in [4.78, 5) is 10.4. The lowest BCUT2D eigenvalue weighted by Gasteiger charge is -2.41. The van der Waals surface area contributed by atoms with Crippen molar-refractivity contribution in [2.24, 2.45) is 0 Å². The third kappa shape index (κ3) is 5.30. The van der Waals surface area contributed by atoms with Crippen LogP contribution < -0.4 is 0 Å². The van der Waals surface area contributed by atoms with Crippen LogP contribution in [0, 0.1) is 8.78 Å². The fourth-order valence-electron chi connectivity index (χ4n) is 1.36. The molecule has 1 aliphatic rings. The number of carbonyl (C=O) groups is 1. The smallest absolute Gasteiger partial charge is 0.336 e. The van der Waals surface area contributed by atoms with E-state index in [-0.39, 0.29) is 4.65 Å². The second kappa shape index (κ2) is 7.03. The maximum Gasteiger partial charge on any atom is 0.336 e. The maximum atomic E-state index is 11.0. The summed E-state index contributed by atoms with van der Waals surface area (Å²) in [6.45, 7) is 2.47. The van der Waals surface area contributed by atoms with Crippen molar-refractivity contribution in [2.45, 2.75) is 0 Å². The Labute approximate surface area is 120 Å². The highest BCUT2D eigenvalue weighted by Crippen LogP contribution is 2.10. The molecule has 1 fully saturated rings. The molecule has 1 N–H and O–H groups in total. The molecule has 100 valence electrons. The number of likely N-dealkylation sites (N-methyl/N-ethyl adjacent to an activating group) is 1. The van der Waals surface area contributed by atoms with Crippen molar-refractivity contribution < 1.29 is 19.3 Å². The second-order valence-corrected chi connectivity index (χ2v) is 5.30. The van der Waals surface area contributed by atoms with Gasteiger partial charge in [-0.15, -0.1) is 0 Å². The van der Waals surface area contributed by atoms with Crippen LogP contribution in [0.15, 0.2) is 24.3 Å². The number of halogens is 1. The van der Waals surface area contributed by atoms with Gasteiger partial charge in [-0.05, 0) is 34.7 Å². The Morgan fingerprint density at radius 1 is 1.39 bits per heavy atom. The molecule has 5 nitrogen and oxygen atoms in total. The summed E-state index contributed by atoms with van der Waals surface area (Å²) >= 11 is 1.99. The van der Waals surface area contributed by atoms with Gasteiger partial charge in [0.25, 0.3) is 0 Å². The van der Waals surface area contributed by atoms with Crippen LogP contribution in [0.4, 0.5) is 0 Å². The Kier molecular flexibility index (Phi) is 6.00. The van der Waals surface area contributed by atoms with E-state index in [4.69, 9.17) is 9.84 Å². The molecule has 0 radical (unpaired) electrons. The van der Waals surface area contributed by atoms with Crippen molar-refractivity contribution in [1.82, 2.24) is 0 Å². The van der Waals surface area contributed by atoms with Crippen molar-refractivity contribution in [3.8, 4) is 0 Å². The van der Waals surface area contributed by atoms with Crippen LogP contribution in [0.25, 0.3) is 0 Å². The van der Waals surface area contributed by atoms with Gasteiger partial charge in [0.1, 0.15) is 13.1 Å². The monoisotopic (exact) mass is 365 g/mol. The fourth-order valence-corrected chi connectivity index (χ4v) is 1.98. The fraction of sp³-hybridized carbons (Fsp3) is 0.417. The van der Waals surface area contributed by atoms with Crippen LogP contribution in [-0.4, -0.2) is 49.1 Å². The Morgan fingerprint density at radius 2 is 1.94 bits per heavy atom. The zero-order chi connectivity index (χ0) is 13.6. The first-order valence-electron chi connectivity index (χ1n) is 5.53. The maximum absolute atomic E-state index is 11.0. The van der Waals surface area contributed by atoms with Crippen molar-refractivity contribution >= 4 is 28.6 Å². The first kappa shape index (κ1) is 15.4. The molecule has 1 aromatic rings. The minimum Gasteiger partial charge on any atom is -0.633 e. The van der Waals surface area contributed by atoms with Gasteiger partial charge in [0.2, 0.25) is 0 Å². The number of ether oxygens (including phenoxy) is 1.